The zero-order valence-electron chi connectivity index (χ0n) is 13.4. The summed E-state index contributed by atoms with van der Waals surface area (Å²) in [4.78, 5) is 13.9. The third kappa shape index (κ3) is 6.44. The molecule has 5 heteroatoms. The van der Waals surface area contributed by atoms with E-state index < -0.39 is 5.60 Å². The van der Waals surface area contributed by atoms with Gasteiger partial charge in [-0.25, -0.2) is 4.79 Å². The van der Waals surface area contributed by atoms with Crippen LogP contribution in [0.15, 0.2) is 0 Å². The molecule has 0 saturated heterocycles. The highest BCUT2D eigenvalue weighted by Gasteiger charge is 2.33. The first-order chi connectivity index (χ1) is 9.19. The van der Waals surface area contributed by atoms with Crippen LogP contribution in [-0.2, 0) is 9.47 Å². The van der Waals surface area contributed by atoms with Crippen molar-refractivity contribution < 1.29 is 14.3 Å². The van der Waals surface area contributed by atoms with E-state index in [2.05, 4.69) is 15.9 Å². The number of rotatable bonds is 7. The van der Waals surface area contributed by atoms with Gasteiger partial charge >= 0.3 is 6.09 Å². The van der Waals surface area contributed by atoms with Crippen molar-refractivity contribution in [3.05, 3.63) is 0 Å². The maximum Gasteiger partial charge on any atom is 0.410 e. The van der Waals surface area contributed by atoms with Crippen LogP contribution in [0.2, 0.25) is 0 Å². The van der Waals surface area contributed by atoms with E-state index in [0.717, 1.165) is 6.61 Å². The lowest BCUT2D eigenvalue weighted by molar-refractivity contribution is -0.0460. The topological polar surface area (TPSA) is 38.8 Å². The van der Waals surface area contributed by atoms with Gasteiger partial charge in [0.2, 0.25) is 0 Å². The van der Waals surface area contributed by atoms with E-state index in [1.807, 2.05) is 34.6 Å². The van der Waals surface area contributed by atoms with Crippen LogP contribution in [-0.4, -0.2) is 47.2 Å². The average molecular weight is 350 g/mol. The molecule has 0 N–H and O–H groups in total. The van der Waals surface area contributed by atoms with E-state index in [-0.39, 0.29) is 11.7 Å². The molecule has 0 aromatic carbocycles. The number of halogens is 1. The third-order valence-electron chi connectivity index (χ3n) is 3.21. The van der Waals surface area contributed by atoms with Gasteiger partial charge in [-0.15, -0.1) is 0 Å². The van der Waals surface area contributed by atoms with Crippen molar-refractivity contribution in [2.24, 2.45) is 5.92 Å². The minimum Gasteiger partial charge on any atom is -0.444 e. The average Bonchev–Trinajstić information content (AvgIpc) is 3.15. The van der Waals surface area contributed by atoms with E-state index in [1.165, 1.54) is 12.8 Å². The van der Waals surface area contributed by atoms with E-state index in [1.54, 1.807) is 4.90 Å². The van der Waals surface area contributed by atoms with E-state index >= 15 is 0 Å². The highest BCUT2D eigenvalue weighted by Crippen LogP contribution is 2.31. The summed E-state index contributed by atoms with van der Waals surface area (Å²) in [7, 11) is 0. The molecule has 1 rings (SSSR count). The summed E-state index contributed by atoms with van der Waals surface area (Å²) in [5.74, 6) is 0.713. The Labute approximate surface area is 131 Å². The minimum atomic E-state index is -0.468. The van der Waals surface area contributed by atoms with Gasteiger partial charge in [-0.3, -0.25) is 0 Å². The van der Waals surface area contributed by atoms with Crippen LogP contribution in [0.4, 0.5) is 4.79 Å². The highest BCUT2D eigenvalue weighted by atomic mass is 79.9. The van der Waals surface area contributed by atoms with Gasteiger partial charge in [-0.2, -0.15) is 0 Å². The highest BCUT2D eigenvalue weighted by molar-refractivity contribution is 9.09. The molecule has 1 aliphatic carbocycles. The third-order valence-corrected chi connectivity index (χ3v) is 4.39. The molecule has 20 heavy (non-hydrogen) atoms. The molecule has 0 heterocycles. The lowest BCUT2D eigenvalue weighted by Gasteiger charge is -2.35. The molecule has 1 saturated carbocycles. The molecule has 118 valence electrons. The first-order valence-electron chi connectivity index (χ1n) is 7.37. The molecule has 0 radical (unpaired) electrons. The fourth-order valence-electron chi connectivity index (χ4n) is 1.77. The number of likely N-dealkylation sites (N-methyl/N-ethyl adjacent to an activating group) is 1. The molecule has 0 aliphatic heterocycles. The predicted octanol–water partition coefficient (Wildman–Crippen LogP) is 3.82. The summed E-state index contributed by atoms with van der Waals surface area (Å²) in [5, 5.41) is 0.700. The van der Waals surface area contributed by atoms with Crippen molar-refractivity contribution in [1.29, 1.82) is 0 Å². The second-order valence-corrected chi connectivity index (χ2v) is 7.39. The zero-order valence-corrected chi connectivity index (χ0v) is 15.0. The zero-order chi connectivity index (χ0) is 15.4. The normalized spacial score (nSPS) is 18.5. The summed E-state index contributed by atoms with van der Waals surface area (Å²) in [6.45, 7) is 11.6. The lowest BCUT2D eigenvalue weighted by atomic mass is 10.1. The molecule has 1 aliphatic rings. The number of alkyl halides is 1. The van der Waals surface area contributed by atoms with Crippen LogP contribution in [0.25, 0.3) is 0 Å². The van der Waals surface area contributed by atoms with Crippen LogP contribution in [0.1, 0.15) is 47.5 Å². The van der Waals surface area contributed by atoms with Crippen molar-refractivity contribution in [1.82, 2.24) is 4.90 Å². The largest absolute Gasteiger partial charge is 0.444 e. The fourth-order valence-corrected chi connectivity index (χ4v) is 2.10. The van der Waals surface area contributed by atoms with E-state index in [4.69, 9.17) is 9.47 Å². The number of hydrogen-bond donors (Lipinski definition) is 0. The van der Waals surface area contributed by atoms with Crippen LogP contribution in [0.5, 0.6) is 0 Å². The van der Waals surface area contributed by atoms with Crippen molar-refractivity contribution in [2.75, 3.05) is 25.0 Å². The molecule has 0 aromatic heterocycles. The molecular weight excluding hydrogens is 322 g/mol. The van der Waals surface area contributed by atoms with Gasteiger partial charge in [0.05, 0.1) is 18.8 Å². The predicted molar refractivity (Wildman–Crippen MR) is 84.4 cm³/mol. The van der Waals surface area contributed by atoms with Gasteiger partial charge in [0.1, 0.15) is 5.60 Å². The van der Waals surface area contributed by atoms with Gasteiger partial charge in [0.25, 0.3) is 0 Å². The van der Waals surface area contributed by atoms with E-state index in [9.17, 15) is 4.79 Å². The van der Waals surface area contributed by atoms with Crippen molar-refractivity contribution in [2.45, 2.75) is 58.7 Å². The number of hydrogen-bond acceptors (Lipinski definition) is 3. The molecule has 1 amide bonds. The van der Waals surface area contributed by atoms with Gasteiger partial charge in [0, 0.05) is 11.9 Å². The molecule has 0 spiro atoms. The Morgan fingerprint density at radius 1 is 1.30 bits per heavy atom. The quantitative estimate of drug-likeness (QED) is 0.655. The Morgan fingerprint density at radius 2 is 1.90 bits per heavy atom. The fraction of sp³-hybridized carbons (Fsp3) is 0.933. The Kier molecular flexibility index (Phi) is 6.32. The first kappa shape index (κ1) is 17.8. The first-order valence-corrected chi connectivity index (χ1v) is 8.49. The summed E-state index contributed by atoms with van der Waals surface area (Å²) in [6.07, 6.45) is 2.26. The Morgan fingerprint density at radius 3 is 2.30 bits per heavy atom. The Hall–Kier alpha value is -0.290. The standard InChI is InChI=1S/C15H28BrNO3/c1-6-17(13(18)20-14(2,3)4)11-15(5,10-16)19-9-12-7-8-12/h12H,6-11H2,1-5H3. The van der Waals surface area contributed by atoms with Gasteiger partial charge < -0.3 is 14.4 Å². The lowest BCUT2D eigenvalue weighted by Crippen LogP contribution is -2.48. The Bertz CT molecular complexity index is 326. The number of nitrogens with zero attached hydrogens (tertiary/aromatic N) is 1. The Balaban J connectivity index is 2.55. The van der Waals surface area contributed by atoms with Gasteiger partial charge in [0.15, 0.2) is 0 Å². The smallest absolute Gasteiger partial charge is 0.410 e. The maximum absolute atomic E-state index is 12.2. The molecule has 4 nitrogen and oxygen atoms in total. The molecule has 0 aromatic rings. The number of carbonyl (C=O) groups is 1. The molecule has 1 unspecified atom stereocenters. The van der Waals surface area contributed by atoms with Crippen LogP contribution in [0.3, 0.4) is 0 Å². The second kappa shape index (κ2) is 7.12. The van der Waals surface area contributed by atoms with Crippen LogP contribution >= 0.6 is 15.9 Å². The van der Waals surface area contributed by atoms with Crippen molar-refractivity contribution in [3.63, 3.8) is 0 Å². The van der Waals surface area contributed by atoms with Crippen LogP contribution < -0.4 is 0 Å². The number of carbonyl (C=O) groups excluding carboxylic acids is 1. The van der Waals surface area contributed by atoms with E-state index in [0.29, 0.717) is 24.3 Å². The van der Waals surface area contributed by atoms with Crippen molar-refractivity contribution >= 4 is 22.0 Å². The SMILES string of the molecule is CCN(CC(C)(CBr)OCC1CC1)C(=O)OC(C)(C)C. The number of ether oxygens (including phenoxy) is 2. The summed E-state index contributed by atoms with van der Waals surface area (Å²) in [6, 6.07) is 0. The van der Waals surface area contributed by atoms with Gasteiger partial charge in [-0.05, 0) is 53.4 Å². The van der Waals surface area contributed by atoms with Crippen LogP contribution in [0, 0.1) is 5.92 Å². The molecule has 1 atom stereocenters. The van der Waals surface area contributed by atoms with Gasteiger partial charge in [-0.1, -0.05) is 15.9 Å². The summed E-state index contributed by atoms with van der Waals surface area (Å²) in [5.41, 5.74) is -0.834. The molecule has 0 bridgehead atoms. The maximum atomic E-state index is 12.2. The number of amides is 1. The molecular formula is C15H28BrNO3. The minimum absolute atomic E-state index is 0.276. The molecule has 1 fully saturated rings. The second-order valence-electron chi connectivity index (χ2n) is 6.83. The summed E-state index contributed by atoms with van der Waals surface area (Å²) >= 11 is 3.51. The summed E-state index contributed by atoms with van der Waals surface area (Å²) < 4.78 is 11.5. The van der Waals surface area contributed by atoms with Crippen molar-refractivity contribution in [3.8, 4) is 0 Å². The monoisotopic (exact) mass is 349 g/mol.